The molecule has 2 N–H and O–H groups in total. The van der Waals surface area contributed by atoms with Gasteiger partial charge >= 0.3 is 0 Å². The van der Waals surface area contributed by atoms with Crippen molar-refractivity contribution in [3.63, 3.8) is 0 Å². The van der Waals surface area contributed by atoms with Crippen LogP contribution in [0.15, 0.2) is 10.6 Å². The van der Waals surface area contributed by atoms with E-state index in [1.807, 2.05) is 6.07 Å². The number of nitrogens with zero attached hydrogens (tertiary/aromatic N) is 3. The molecule has 2 aromatic rings. The molecule has 0 unspecified atom stereocenters. The van der Waals surface area contributed by atoms with E-state index in [-0.39, 0.29) is 0 Å². The molecule has 0 saturated carbocycles. The van der Waals surface area contributed by atoms with E-state index in [4.69, 9.17) is 4.52 Å². The van der Waals surface area contributed by atoms with Gasteiger partial charge in [0.15, 0.2) is 11.5 Å². The Hall–Kier alpha value is -1.69. The highest BCUT2D eigenvalue weighted by Crippen LogP contribution is 2.24. The first kappa shape index (κ1) is 10.5. The van der Waals surface area contributed by atoms with Crippen molar-refractivity contribution in [1.29, 1.82) is 0 Å². The molecular weight excluding hydrogens is 218 g/mol. The first-order valence-corrected chi connectivity index (χ1v) is 5.89. The molecule has 0 aliphatic carbocycles. The normalized spacial score (nSPS) is 20.6. The molecule has 90 valence electrons. The fourth-order valence-corrected chi connectivity index (χ4v) is 2.17. The average molecular weight is 233 g/mol. The average Bonchev–Trinajstić information content (AvgIpc) is 2.98. The Kier molecular flexibility index (Phi) is 2.64. The van der Waals surface area contributed by atoms with Crippen LogP contribution in [0.5, 0.6) is 0 Å². The molecule has 0 radical (unpaired) electrons. The summed E-state index contributed by atoms with van der Waals surface area (Å²) in [6, 6.07) is 2.00. The standard InChI is InChI=1S/C11H15N5O/c1-7-13-11(17-16-7)10-5-9(14-15-10)8-3-2-4-12-6-8/h5,8,12H,2-4,6H2,1H3,(H,14,15)/t8-/m0/s1. The Morgan fingerprint density at radius 2 is 2.41 bits per heavy atom. The zero-order chi connectivity index (χ0) is 11.7. The fraction of sp³-hybridized carbons (Fsp3) is 0.545. The van der Waals surface area contributed by atoms with Crippen LogP contribution in [0.3, 0.4) is 0 Å². The van der Waals surface area contributed by atoms with Crippen LogP contribution in [-0.2, 0) is 0 Å². The molecule has 3 heterocycles. The number of aromatic amines is 1. The van der Waals surface area contributed by atoms with Gasteiger partial charge in [-0.05, 0) is 32.4 Å². The summed E-state index contributed by atoms with van der Waals surface area (Å²) in [5.41, 5.74) is 1.87. The van der Waals surface area contributed by atoms with Gasteiger partial charge in [-0.15, -0.1) is 0 Å². The van der Waals surface area contributed by atoms with Crippen LogP contribution < -0.4 is 5.32 Å². The second kappa shape index (κ2) is 4.29. The molecule has 2 aromatic heterocycles. The van der Waals surface area contributed by atoms with Gasteiger partial charge in [-0.3, -0.25) is 5.10 Å². The fourth-order valence-electron chi connectivity index (χ4n) is 2.17. The number of rotatable bonds is 2. The van der Waals surface area contributed by atoms with E-state index in [0.29, 0.717) is 17.6 Å². The number of hydrogen-bond acceptors (Lipinski definition) is 5. The van der Waals surface area contributed by atoms with E-state index in [9.17, 15) is 0 Å². The summed E-state index contributed by atoms with van der Waals surface area (Å²) < 4.78 is 5.09. The van der Waals surface area contributed by atoms with Gasteiger partial charge in [0.05, 0.1) is 0 Å². The number of aromatic nitrogens is 4. The Morgan fingerprint density at radius 3 is 3.12 bits per heavy atom. The first-order chi connectivity index (χ1) is 8.33. The highest BCUT2D eigenvalue weighted by molar-refractivity contribution is 5.47. The number of hydrogen-bond donors (Lipinski definition) is 2. The summed E-state index contributed by atoms with van der Waals surface area (Å²) in [7, 11) is 0. The van der Waals surface area contributed by atoms with Crippen LogP contribution in [0.25, 0.3) is 11.6 Å². The zero-order valence-corrected chi connectivity index (χ0v) is 9.73. The smallest absolute Gasteiger partial charge is 0.278 e. The van der Waals surface area contributed by atoms with Crippen LogP contribution in [0.4, 0.5) is 0 Å². The van der Waals surface area contributed by atoms with E-state index < -0.39 is 0 Å². The van der Waals surface area contributed by atoms with E-state index in [1.54, 1.807) is 6.92 Å². The van der Waals surface area contributed by atoms with Crippen LogP contribution in [0.2, 0.25) is 0 Å². The summed E-state index contributed by atoms with van der Waals surface area (Å²) in [4.78, 5) is 4.16. The summed E-state index contributed by atoms with van der Waals surface area (Å²) in [6.07, 6.45) is 2.40. The van der Waals surface area contributed by atoms with Gasteiger partial charge < -0.3 is 9.84 Å². The second-order valence-corrected chi connectivity index (χ2v) is 4.40. The topological polar surface area (TPSA) is 79.6 Å². The third-order valence-electron chi connectivity index (χ3n) is 3.08. The van der Waals surface area contributed by atoms with Gasteiger partial charge in [0.1, 0.15) is 0 Å². The molecule has 1 fully saturated rings. The van der Waals surface area contributed by atoms with Crippen molar-refractivity contribution in [2.24, 2.45) is 0 Å². The van der Waals surface area contributed by atoms with Gasteiger partial charge in [-0.2, -0.15) is 10.1 Å². The zero-order valence-electron chi connectivity index (χ0n) is 9.73. The van der Waals surface area contributed by atoms with Crippen LogP contribution in [-0.4, -0.2) is 33.4 Å². The lowest BCUT2D eigenvalue weighted by Gasteiger charge is -2.20. The SMILES string of the molecule is Cc1noc(-c2cc([C@H]3CCCNC3)[nH]n2)n1. The molecule has 6 heteroatoms. The minimum atomic E-state index is 0.480. The van der Waals surface area contributed by atoms with Gasteiger partial charge in [0, 0.05) is 18.2 Å². The Bertz CT molecular complexity index is 497. The summed E-state index contributed by atoms with van der Waals surface area (Å²) in [6.45, 7) is 3.91. The first-order valence-electron chi connectivity index (χ1n) is 5.89. The summed E-state index contributed by atoms with van der Waals surface area (Å²) in [5.74, 6) is 1.62. The monoisotopic (exact) mass is 233 g/mol. The van der Waals surface area contributed by atoms with Crippen LogP contribution >= 0.6 is 0 Å². The summed E-state index contributed by atoms with van der Waals surface area (Å²) >= 11 is 0. The Balaban J connectivity index is 1.82. The van der Waals surface area contributed by atoms with Crippen LogP contribution in [0, 0.1) is 6.92 Å². The van der Waals surface area contributed by atoms with Crippen molar-refractivity contribution in [3.8, 4) is 11.6 Å². The summed E-state index contributed by atoms with van der Waals surface area (Å²) in [5, 5.41) is 14.4. The lowest BCUT2D eigenvalue weighted by atomic mass is 9.96. The number of H-pyrrole nitrogens is 1. The minimum absolute atomic E-state index is 0.480. The van der Waals surface area contributed by atoms with Gasteiger partial charge in [0.25, 0.3) is 5.89 Å². The number of nitrogens with one attached hydrogen (secondary N) is 2. The molecule has 1 saturated heterocycles. The maximum Gasteiger partial charge on any atom is 0.278 e. The van der Waals surface area contributed by atoms with Gasteiger partial charge in [-0.25, -0.2) is 0 Å². The molecule has 1 atom stereocenters. The molecule has 1 aliphatic rings. The highest BCUT2D eigenvalue weighted by atomic mass is 16.5. The highest BCUT2D eigenvalue weighted by Gasteiger charge is 2.19. The molecule has 6 nitrogen and oxygen atoms in total. The lowest BCUT2D eigenvalue weighted by molar-refractivity contribution is 0.424. The third-order valence-corrected chi connectivity index (χ3v) is 3.08. The van der Waals surface area contributed by atoms with E-state index >= 15 is 0 Å². The predicted octanol–water partition coefficient (Wildman–Crippen LogP) is 1.24. The van der Waals surface area contributed by atoms with E-state index in [2.05, 4.69) is 25.7 Å². The minimum Gasteiger partial charge on any atom is -0.332 e. The number of piperidine rings is 1. The maximum atomic E-state index is 5.09. The molecule has 0 aromatic carbocycles. The lowest BCUT2D eigenvalue weighted by Crippen LogP contribution is -2.28. The van der Waals surface area contributed by atoms with Crippen molar-refractivity contribution in [2.75, 3.05) is 13.1 Å². The molecule has 3 rings (SSSR count). The molecule has 0 spiro atoms. The van der Waals surface area contributed by atoms with Gasteiger partial charge in [0.2, 0.25) is 0 Å². The van der Waals surface area contributed by atoms with Crippen molar-refractivity contribution >= 4 is 0 Å². The third kappa shape index (κ3) is 2.08. The van der Waals surface area contributed by atoms with Crippen molar-refractivity contribution in [2.45, 2.75) is 25.7 Å². The predicted molar refractivity (Wildman–Crippen MR) is 61.5 cm³/mol. The molecule has 1 aliphatic heterocycles. The number of aryl methyl sites for hydroxylation is 1. The second-order valence-electron chi connectivity index (χ2n) is 4.40. The largest absolute Gasteiger partial charge is 0.332 e. The van der Waals surface area contributed by atoms with Crippen molar-refractivity contribution < 1.29 is 4.52 Å². The van der Waals surface area contributed by atoms with Crippen molar-refractivity contribution in [1.82, 2.24) is 25.7 Å². The van der Waals surface area contributed by atoms with Crippen LogP contribution in [0.1, 0.15) is 30.3 Å². The quantitative estimate of drug-likeness (QED) is 0.815. The van der Waals surface area contributed by atoms with Crippen molar-refractivity contribution in [3.05, 3.63) is 17.6 Å². The van der Waals surface area contributed by atoms with Gasteiger partial charge in [-0.1, -0.05) is 5.16 Å². The Morgan fingerprint density at radius 1 is 1.47 bits per heavy atom. The molecule has 0 bridgehead atoms. The Labute approximate surface area is 98.8 Å². The van der Waals surface area contributed by atoms with E-state index in [0.717, 1.165) is 24.5 Å². The maximum absolute atomic E-state index is 5.09. The molecule has 17 heavy (non-hydrogen) atoms. The van der Waals surface area contributed by atoms with E-state index in [1.165, 1.54) is 12.8 Å². The molecular formula is C11H15N5O. The molecule has 0 amide bonds.